The average molecular weight is 336 g/mol. The molecule has 1 unspecified atom stereocenters. The molecule has 5 nitrogen and oxygen atoms in total. The molecule has 0 amide bonds. The van der Waals surface area contributed by atoms with Crippen molar-refractivity contribution in [3.8, 4) is 11.3 Å². The topological polar surface area (TPSA) is 89.1 Å². The first-order chi connectivity index (χ1) is 9.45. The Morgan fingerprint density at radius 1 is 1.40 bits per heavy atom. The summed E-state index contributed by atoms with van der Waals surface area (Å²) in [6.45, 7) is 1.85. The highest BCUT2D eigenvalue weighted by Crippen LogP contribution is 2.22. The lowest BCUT2D eigenvalue weighted by Gasteiger charge is -2.09. The number of rotatable bonds is 4. The Balaban J connectivity index is 2.36. The van der Waals surface area contributed by atoms with Crippen molar-refractivity contribution in [2.24, 2.45) is 5.73 Å². The van der Waals surface area contributed by atoms with E-state index in [0.717, 1.165) is 21.4 Å². The van der Waals surface area contributed by atoms with Crippen LogP contribution in [0, 0.1) is 6.92 Å². The molecule has 0 aliphatic rings. The number of halogens is 1. The van der Waals surface area contributed by atoms with Crippen molar-refractivity contribution in [2.45, 2.75) is 19.4 Å². The van der Waals surface area contributed by atoms with Crippen LogP contribution in [-0.4, -0.2) is 27.1 Å². The van der Waals surface area contributed by atoms with E-state index in [1.54, 1.807) is 0 Å². The zero-order valence-corrected chi connectivity index (χ0v) is 12.5. The lowest BCUT2D eigenvalue weighted by molar-refractivity contribution is -0.138. The van der Waals surface area contributed by atoms with Crippen LogP contribution >= 0.6 is 15.9 Å². The fourth-order valence-electron chi connectivity index (χ4n) is 1.80. The summed E-state index contributed by atoms with van der Waals surface area (Å²) in [6, 6.07) is 8.60. The Bertz CT molecular complexity index is 646. The van der Waals surface area contributed by atoms with Crippen LogP contribution in [-0.2, 0) is 11.2 Å². The molecular formula is C14H14BrN3O2. The van der Waals surface area contributed by atoms with E-state index < -0.39 is 12.0 Å². The standard InChI is InChI=1S/C14H14BrN3O2/c1-8-5-12(9-3-2-4-10(15)6-9)18-13(17-8)7-11(16)14(19)20/h2-6,11H,7,16H2,1H3,(H,19,20). The third-order valence-electron chi connectivity index (χ3n) is 2.74. The Morgan fingerprint density at radius 2 is 2.15 bits per heavy atom. The molecule has 6 heteroatoms. The molecule has 1 atom stereocenters. The largest absolute Gasteiger partial charge is 0.480 e. The van der Waals surface area contributed by atoms with Crippen LogP contribution in [0.2, 0.25) is 0 Å². The minimum Gasteiger partial charge on any atom is -0.480 e. The first-order valence-corrected chi connectivity index (χ1v) is 6.84. The molecule has 0 bridgehead atoms. The fourth-order valence-corrected chi connectivity index (χ4v) is 2.20. The van der Waals surface area contributed by atoms with E-state index in [1.165, 1.54) is 0 Å². The predicted octanol–water partition coefficient (Wildman–Crippen LogP) is 2.17. The van der Waals surface area contributed by atoms with Gasteiger partial charge in [-0.2, -0.15) is 0 Å². The summed E-state index contributed by atoms with van der Waals surface area (Å²) in [5.74, 6) is -0.617. The SMILES string of the molecule is Cc1cc(-c2cccc(Br)c2)nc(CC(N)C(=O)O)n1. The van der Waals surface area contributed by atoms with Crippen molar-refractivity contribution in [3.63, 3.8) is 0 Å². The van der Waals surface area contributed by atoms with Crippen LogP contribution in [0.4, 0.5) is 0 Å². The maximum absolute atomic E-state index is 10.8. The van der Waals surface area contributed by atoms with Crippen LogP contribution in [0.1, 0.15) is 11.5 Å². The Labute approximate surface area is 125 Å². The zero-order valence-electron chi connectivity index (χ0n) is 10.9. The normalized spacial score (nSPS) is 12.2. The molecule has 0 saturated carbocycles. The average Bonchev–Trinajstić information content (AvgIpc) is 2.37. The first kappa shape index (κ1) is 14.6. The van der Waals surface area contributed by atoms with E-state index in [0.29, 0.717) is 5.82 Å². The number of hydrogen-bond acceptors (Lipinski definition) is 4. The number of carboxylic acids is 1. The van der Waals surface area contributed by atoms with E-state index in [9.17, 15) is 4.79 Å². The van der Waals surface area contributed by atoms with Gasteiger partial charge in [-0.25, -0.2) is 9.97 Å². The van der Waals surface area contributed by atoms with Gasteiger partial charge in [-0.1, -0.05) is 28.1 Å². The number of hydrogen-bond donors (Lipinski definition) is 2. The highest BCUT2D eigenvalue weighted by molar-refractivity contribution is 9.10. The van der Waals surface area contributed by atoms with Crippen LogP contribution in [0.15, 0.2) is 34.8 Å². The van der Waals surface area contributed by atoms with Gasteiger partial charge in [-0.3, -0.25) is 4.79 Å². The van der Waals surface area contributed by atoms with Gasteiger partial charge < -0.3 is 10.8 Å². The van der Waals surface area contributed by atoms with Gasteiger partial charge in [-0.05, 0) is 25.1 Å². The van der Waals surface area contributed by atoms with Crippen molar-refractivity contribution in [3.05, 3.63) is 46.3 Å². The van der Waals surface area contributed by atoms with Crippen molar-refractivity contribution < 1.29 is 9.90 Å². The van der Waals surface area contributed by atoms with Crippen LogP contribution in [0.3, 0.4) is 0 Å². The molecule has 2 aromatic rings. The van der Waals surface area contributed by atoms with Gasteiger partial charge in [0.15, 0.2) is 0 Å². The molecule has 1 heterocycles. The molecule has 0 aliphatic heterocycles. The van der Waals surface area contributed by atoms with Crippen molar-refractivity contribution in [1.82, 2.24) is 9.97 Å². The summed E-state index contributed by atoms with van der Waals surface area (Å²) in [6.07, 6.45) is 0.109. The predicted molar refractivity (Wildman–Crippen MR) is 79.2 cm³/mol. The fraction of sp³-hybridized carbons (Fsp3) is 0.214. The molecule has 0 aliphatic carbocycles. The van der Waals surface area contributed by atoms with Crippen molar-refractivity contribution in [2.75, 3.05) is 0 Å². The minimum absolute atomic E-state index is 0.109. The van der Waals surface area contributed by atoms with Crippen molar-refractivity contribution in [1.29, 1.82) is 0 Å². The summed E-state index contributed by atoms with van der Waals surface area (Å²) >= 11 is 3.41. The highest BCUT2D eigenvalue weighted by Gasteiger charge is 2.15. The minimum atomic E-state index is -1.06. The van der Waals surface area contributed by atoms with E-state index in [1.807, 2.05) is 37.3 Å². The summed E-state index contributed by atoms with van der Waals surface area (Å²) in [5.41, 5.74) is 8.00. The van der Waals surface area contributed by atoms with Gasteiger partial charge in [0.1, 0.15) is 11.9 Å². The molecule has 3 N–H and O–H groups in total. The number of carboxylic acid groups (broad SMARTS) is 1. The van der Waals surface area contributed by atoms with E-state index in [-0.39, 0.29) is 6.42 Å². The van der Waals surface area contributed by atoms with Crippen molar-refractivity contribution >= 4 is 21.9 Å². The van der Waals surface area contributed by atoms with Gasteiger partial charge in [0.25, 0.3) is 0 Å². The first-order valence-electron chi connectivity index (χ1n) is 6.04. The Hall–Kier alpha value is -1.79. The van der Waals surface area contributed by atoms with Gasteiger partial charge in [0.2, 0.25) is 0 Å². The lowest BCUT2D eigenvalue weighted by atomic mass is 10.1. The number of aromatic nitrogens is 2. The number of nitrogens with two attached hydrogens (primary N) is 1. The molecule has 0 spiro atoms. The summed E-state index contributed by atoms with van der Waals surface area (Å²) < 4.78 is 0.954. The monoisotopic (exact) mass is 335 g/mol. The number of benzene rings is 1. The second kappa shape index (κ2) is 6.11. The van der Waals surface area contributed by atoms with Crippen LogP contribution < -0.4 is 5.73 Å². The Kier molecular flexibility index (Phi) is 4.46. The molecule has 104 valence electrons. The highest BCUT2D eigenvalue weighted by atomic mass is 79.9. The summed E-state index contributed by atoms with van der Waals surface area (Å²) in [7, 11) is 0. The molecule has 1 aromatic heterocycles. The zero-order chi connectivity index (χ0) is 14.7. The Morgan fingerprint density at radius 3 is 2.80 bits per heavy atom. The van der Waals surface area contributed by atoms with Crippen LogP contribution in [0.25, 0.3) is 11.3 Å². The molecule has 2 rings (SSSR count). The third kappa shape index (κ3) is 3.61. The maximum atomic E-state index is 10.8. The van der Waals surface area contributed by atoms with E-state index >= 15 is 0 Å². The summed E-state index contributed by atoms with van der Waals surface area (Å²) in [5, 5.41) is 8.85. The van der Waals surface area contributed by atoms with Crippen LogP contribution in [0.5, 0.6) is 0 Å². The second-order valence-electron chi connectivity index (χ2n) is 4.47. The van der Waals surface area contributed by atoms with E-state index in [2.05, 4.69) is 25.9 Å². The molecule has 1 aromatic carbocycles. The molecule has 20 heavy (non-hydrogen) atoms. The number of nitrogens with zero attached hydrogens (tertiary/aromatic N) is 2. The summed E-state index contributed by atoms with van der Waals surface area (Å²) in [4.78, 5) is 19.4. The molecule has 0 radical (unpaired) electrons. The second-order valence-corrected chi connectivity index (χ2v) is 5.39. The molecule has 0 fully saturated rings. The number of aryl methyl sites for hydroxylation is 1. The maximum Gasteiger partial charge on any atom is 0.320 e. The quantitative estimate of drug-likeness (QED) is 0.893. The molecular weight excluding hydrogens is 322 g/mol. The third-order valence-corrected chi connectivity index (χ3v) is 3.23. The number of aliphatic carboxylic acids is 1. The smallest absolute Gasteiger partial charge is 0.320 e. The number of carbonyl (C=O) groups is 1. The van der Waals surface area contributed by atoms with Gasteiger partial charge >= 0.3 is 5.97 Å². The van der Waals surface area contributed by atoms with Gasteiger partial charge in [0, 0.05) is 22.2 Å². The van der Waals surface area contributed by atoms with E-state index in [4.69, 9.17) is 10.8 Å². The van der Waals surface area contributed by atoms with Gasteiger partial charge in [0.05, 0.1) is 5.69 Å². The van der Waals surface area contributed by atoms with Gasteiger partial charge in [-0.15, -0.1) is 0 Å². The lowest BCUT2D eigenvalue weighted by Crippen LogP contribution is -2.33. The molecule has 0 saturated heterocycles.